The fraction of sp³-hybridized carbons (Fsp3) is 0.182. The van der Waals surface area contributed by atoms with Crippen molar-refractivity contribution in [3.8, 4) is 0 Å². The Morgan fingerprint density at radius 3 is 2.29 bits per heavy atom. The van der Waals surface area contributed by atoms with Crippen LogP contribution in [-0.4, -0.2) is 29.4 Å². The second-order valence-electron chi connectivity index (χ2n) is 3.52. The van der Waals surface area contributed by atoms with E-state index in [4.69, 9.17) is 0 Å². The predicted octanol–water partition coefficient (Wildman–Crippen LogP) is -0.678. The van der Waals surface area contributed by atoms with E-state index in [-0.39, 0.29) is 12.5 Å². The molecule has 1 aliphatic rings. The third kappa shape index (κ3) is 2.67. The molecule has 1 fully saturated rings. The van der Waals surface area contributed by atoms with Crippen molar-refractivity contribution >= 4 is 17.8 Å². The number of rotatable bonds is 3. The molecule has 0 saturated carbocycles. The van der Waals surface area contributed by atoms with Crippen LogP contribution in [0.2, 0.25) is 0 Å². The number of aliphatic hydroxyl groups is 1. The zero-order valence-corrected chi connectivity index (χ0v) is 8.88. The van der Waals surface area contributed by atoms with E-state index in [0.717, 1.165) is 5.56 Å². The second kappa shape index (κ2) is 4.75. The molecule has 17 heavy (non-hydrogen) atoms. The molecule has 6 nitrogen and oxygen atoms in total. The van der Waals surface area contributed by atoms with Gasteiger partial charge in [0.15, 0.2) is 0 Å². The van der Waals surface area contributed by atoms with Crippen molar-refractivity contribution < 1.29 is 14.7 Å². The molecule has 2 rings (SSSR count). The van der Waals surface area contributed by atoms with Crippen molar-refractivity contribution in [2.75, 3.05) is 6.54 Å². The van der Waals surface area contributed by atoms with Gasteiger partial charge in [0.2, 0.25) is 5.96 Å². The van der Waals surface area contributed by atoms with Crippen molar-refractivity contribution in [3.05, 3.63) is 35.9 Å². The highest BCUT2D eigenvalue weighted by molar-refractivity contribution is 6.45. The maximum Gasteiger partial charge on any atom is 0.316 e. The highest BCUT2D eigenvalue weighted by Gasteiger charge is 2.25. The first-order valence-electron chi connectivity index (χ1n) is 5.06. The molecule has 6 heteroatoms. The normalized spacial score (nSPS) is 16.4. The molecule has 1 aromatic rings. The van der Waals surface area contributed by atoms with Gasteiger partial charge in [-0.25, -0.2) is 4.99 Å². The quantitative estimate of drug-likeness (QED) is 0.604. The van der Waals surface area contributed by atoms with Crippen molar-refractivity contribution in [3.63, 3.8) is 0 Å². The van der Waals surface area contributed by atoms with Crippen LogP contribution in [0, 0.1) is 0 Å². The Kier molecular flexibility index (Phi) is 3.15. The van der Waals surface area contributed by atoms with Crippen LogP contribution in [0.15, 0.2) is 35.3 Å². The SMILES string of the molecule is O=C1NC(=NCC(O)c2ccccc2)NC1=O. The zero-order chi connectivity index (χ0) is 12.3. The molecule has 1 heterocycles. The van der Waals surface area contributed by atoms with Crippen LogP contribution in [0.3, 0.4) is 0 Å². The largest absolute Gasteiger partial charge is 0.386 e. The van der Waals surface area contributed by atoms with Crippen LogP contribution >= 0.6 is 0 Å². The van der Waals surface area contributed by atoms with Crippen LogP contribution in [0.4, 0.5) is 0 Å². The van der Waals surface area contributed by atoms with Gasteiger partial charge >= 0.3 is 11.8 Å². The highest BCUT2D eigenvalue weighted by atomic mass is 16.3. The van der Waals surface area contributed by atoms with Gasteiger partial charge in [-0.05, 0) is 5.56 Å². The first-order valence-corrected chi connectivity index (χ1v) is 5.06. The number of hydrogen-bond donors (Lipinski definition) is 3. The van der Waals surface area contributed by atoms with Gasteiger partial charge in [-0.1, -0.05) is 30.3 Å². The first kappa shape index (κ1) is 11.3. The number of aliphatic imine (C=N–C) groups is 1. The van der Waals surface area contributed by atoms with Crippen LogP contribution in [0.25, 0.3) is 0 Å². The van der Waals surface area contributed by atoms with Crippen molar-refractivity contribution in [2.24, 2.45) is 4.99 Å². The van der Waals surface area contributed by atoms with E-state index in [9.17, 15) is 14.7 Å². The number of hydrogen-bond acceptors (Lipinski definition) is 4. The Bertz CT molecular complexity index is 452. The Labute approximate surface area is 97.4 Å². The molecule has 0 spiro atoms. The maximum absolute atomic E-state index is 10.8. The summed E-state index contributed by atoms with van der Waals surface area (Å²) >= 11 is 0. The van der Waals surface area contributed by atoms with Crippen molar-refractivity contribution in [1.82, 2.24) is 10.6 Å². The van der Waals surface area contributed by atoms with E-state index in [1.165, 1.54) is 0 Å². The van der Waals surface area contributed by atoms with E-state index in [1.807, 2.05) is 18.2 Å². The van der Waals surface area contributed by atoms with Crippen molar-refractivity contribution in [2.45, 2.75) is 6.10 Å². The summed E-state index contributed by atoms with van der Waals surface area (Å²) in [6.45, 7) is 0.0694. The lowest BCUT2D eigenvalue weighted by atomic mass is 10.1. The van der Waals surface area contributed by atoms with Gasteiger partial charge in [0, 0.05) is 0 Å². The monoisotopic (exact) mass is 233 g/mol. The number of guanidine groups is 1. The lowest BCUT2D eigenvalue weighted by Crippen LogP contribution is -2.26. The smallest absolute Gasteiger partial charge is 0.316 e. The average Bonchev–Trinajstić information content (AvgIpc) is 2.67. The summed E-state index contributed by atoms with van der Waals surface area (Å²) in [6, 6.07) is 9.02. The number of benzene rings is 1. The number of carbonyl (C=O) groups is 2. The summed E-state index contributed by atoms with van der Waals surface area (Å²) in [5.41, 5.74) is 0.729. The Morgan fingerprint density at radius 2 is 1.71 bits per heavy atom. The summed E-state index contributed by atoms with van der Waals surface area (Å²) in [6.07, 6.45) is -0.766. The lowest BCUT2D eigenvalue weighted by molar-refractivity contribution is -0.135. The fourth-order valence-corrected chi connectivity index (χ4v) is 1.40. The summed E-state index contributed by atoms with van der Waals surface area (Å²) < 4.78 is 0. The van der Waals surface area contributed by atoms with E-state index in [1.54, 1.807) is 12.1 Å². The van der Waals surface area contributed by atoms with Gasteiger partial charge in [-0.15, -0.1) is 0 Å². The molecule has 1 saturated heterocycles. The molecule has 1 atom stereocenters. The summed E-state index contributed by atoms with van der Waals surface area (Å²) in [7, 11) is 0. The molecular weight excluding hydrogens is 222 g/mol. The molecular formula is C11H11N3O3. The van der Waals surface area contributed by atoms with Gasteiger partial charge in [0.25, 0.3) is 0 Å². The molecule has 1 aliphatic heterocycles. The highest BCUT2D eigenvalue weighted by Crippen LogP contribution is 2.11. The molecule has 88 valence electrons. The number of aliphatic hydroxyl groups excluding tert-OH is 1. The topological polar surface area (TPSA) is 90.8 Å². The number of nitrogens with zero attached hydrogens (tertiary/aromatic N) is 1. The van der Waals surface area contributed by atoms with Crippen LogP contribution in [0.5, 0.6) is 0 Å². The number of nitrogens with one attached hydrogen (secondary N) is 2. The summed E-state index contributed by atoms with van der Waals surface area (Å²) in [4.78, 5) is 25.6. The maximum atomic E-state index is 10.8. The van der Waals surface area contributed by atoms with Gasteiger partial charge in [0.05, 0.1) is 12.6 Å². The molecule has 0 bridgehead atoms. The summed E-state index contributed by atoms with van der Waals surface area (Å²) in [5.74, 6) is -1.40. The Morgan fingerprint density at radius 1 is 1.12 bits per heavy atom. The minimum absolute atomic E-state index is 0.0694. The van der Waals surface area contributed by atoms with Gasteiger partial charge in [-0.2, -0.15) is 0 Å². The summed E-state index contributed by atoms with van der Waals surface area (Å²) in [5, 5.41) is 14.3. The third-order valence-electron chi connectivity index (χ3n) is 2.28. The van der Waals surface area contributed by atoms with Crippen LogP contribution < -0.4 is 10.6 Å². The lowest BCUT2D eigenvalue weighted by Gasteiger charge is -2.07. The van der Waals surface area contributed by atoms with E-state index >= 15 is 0 Å². The van der Waals surface area contributed by atoms with Crippen molar-refractivity contribution in [1.29, 1.82) is 0 Å². The minimum atomic E-state index is -0.766. The zero-order valence-electron chi connectivity index (χ0n) is 8.88. The first-order chi connectivity index (χ1) is 8.16. The van der Waals surface area contributed by atoms with Crippen LogP contribution in [0.1, 0.15) is 11.7 Å². The van der Waals surface area contributed by atoms with Gasteiger partial charge in [0.1, 0.15) is 0 Å². The van der Waals surface area contributed by atoms with E-state index in [0.29, 0.717) is 0 Å². The molecule has 0 radical (unpaired) electrons. The molecule has 0 aromatic heterocycles. The van der Waals surface area contributed by atoms with E-state index < -0.39 is 17.9 Å². The third-order valence-corrected chi connectivity index (χ3v) is 2.28. The number of amides is 2. The molecule has 1 unspecified atom stereocenters. The fourth-order valence-electron chi connectivity index (χ4n) is 1.40. The molecule has 1 aromatic carbocycles. The average molecular weight is 233 g/mol. The Hall–Kier alpha value is -2.21. The van der Waals surface area contributed by atoms with Gasteiger partial charge < -0.3 is 5.11 Å². The standard InChI is InChI=1S/C11H11N3O3/c15-8(7-4-2-1-3-5-7)6-12-11-13-9(16)10(17)14-11/h1-5,8,15H,6H2,(H2,12,13,14,16,17). The predicted molar refractivity (Wildman–Crippen MR) is 60.0 cm³/mol. The van der Waals surface area contributed by atoms with Gasteiger partial charge in [-0.3, -0.25) is 20.2 Å². The molecule has 3 N–H and O–H groups in total. The van der Waals surface area contributed by atoms with E-state index in [2.05, 4.69) is 15.6 Å². The minimum Gasteiger partial charge on any atom is -0.386 e. The molecule has 2 amide bonds. The number of carbonyl (C=O) groups excluding carboxylic acids is 2. The second-order valence-corrected chi connectivity index (χ2v) is 3.52. The molecule has 0 aliphatic carbocycles. The van der Waals surface area contributed by atoms with Crippen LogP contribution in [-0.2, 0) is 9.59 Å². The Balaban J connectivity index is 1.97.